The van der Waals surface area contributed by atoms with Crippen LogP contribution >= 0.6 is 23.1 Å². The van der Waals surface area contributed by atoms with E-state index in [1.807, 2.05) is 0 Å². The number of amides is 2. The van der Waals surface area contributed by atoms with Crippen LogP contribution < -0.4 is 5.32 Å². The summed E-state index contributed by atoms with van der Waals surface area (Å²) in [5.74, 6) is -0.254. The van der Waals surface area contributed by atoms with Gasteiger partial charge in [-0.25, -0.2) is 4.79 Å². The molecule has 3 rings (SSSR count). The quantitative estimate of drug-likeness (QED) is 0.736. The Bertz CT molecular complexity index is 833. The van der Waals surface area contributed by atoms with E-state index in [4.69, 9.17) is 4.74 Å². The summed E-state index contributed by atoms with van der Waals surface area (Å²) in [7, 11) is 3.28. The smallest absolute Gasteiger partial charge is 0.341 e. The van der Waals surface area contributed by atoms with Gasteiger partial charge in [-0.1, -0.05) is 18.7 Å². The molecule has 0 saturated carbocycles. The van der Waals surface area contributed by atoms with E-state index in [1.165, 1.54) is 28.0 Å². The summed E-state index contributed by atoms with van der Waals surface area (Å²) in [6.07, 6.45) is 2.77. The zero-order chi connectivity index (χ0) is 20.4. The number of ether oxygens (including phenoxy) is 1. The summed E-state index contributed by atoms with van der Waals surface area (Å²) in [5.41, 5.74) is 1.49. The molecule has 2 amide bonds. The molecule has 0 bridgehead atoms. The standard InChI is InChI=1S/C19H25N3O4S2/c1-5-26-18(25)15-11-7-6-10(2)8-12(11)27-16(15)21-14(23)9-13-17(24)22(4)19(20-3)28-13/h10,13H,5-9H2,1-4H3,(H,21,23)/t10-,13-/m1/s1. The lowest BCUT2D eigenvalue weighted by atomic mass is 9.88. The third-order valence-electron chi connectivity index (χ3n) is 4.95. The first-order valence-electron chi connectivity index (χ1n) is 9.38. The summed E-state index contributed by atoms with van der Waals surface area (Å²) in [4.78, 5) is 44.1. The van der Waals surface area contributed by atoms with Crippen LogP contribution in [0.15, 0.2) is 4.99 Å². The van der Waals surface area contributed by atoms with Crippen LogP contribution in [0.4, 0.5) is 5.00 Å². The molecule has 9 heteroatoms. The highest BCUT2D eigenvalue weighted by Crippen LogP contribution is 2.40. The molecular formula is C19H25N3O4S2. The fourth-order valence-electron chi connectivity index (χ4n) is 3.50. The van der Waals surface area contributed by atoms with Gasteiger partial charge in [0, 0.05) is 25.4 Å². The van der Waals surface area contributed by atoms with E-state index in [0.29, 0.717) is 21.7 Å². The van der Waals surface area contributed by atoms with Gasteiger partial charge in [-0.05, 0) is 37.7 Å². The number of thiophene rings is 1. The predicted octanol–water partition coefficient (Wildman–Crippen LogP) is 2.94. The SMILES string of the molecule is CCOC(=O)c1c(NC(=O)C[C@H]2SC(=NC)N(C)C2=O)sc2c1CC[C@@H](C)C2. The van der Waals surface area contributed by atoms with Crippen LogP contribution in [-0.2, 0) is 27.2 Å². The van der Waals surface area contributed by atoms with Gasteiger partial charge in [0.15, 0.2) is 5.17 Å². The van der Waals surface area contributed by atoms with Crippen molar-refractivity contribution in [2.24, 2.45) is 10.9 Å². The Kier molecular flexibility index (Phi) is 6.44. The van der Waals surface area contributed by atoms with Gasteiger partial charge in [-0.15, -0.1) is 11.3 Å². The van der Waals surface area contributed by atoms with E-state index in [2.05, 4.69) is 17.2 Å². The number of anilines is 1. The van der Waals surface area contributed by atoms with Gasteiger partial charge >= 0.3 is 5.97 Å². The van der Waals surface area contributed by atoms with Crippen molar-refractivity contribution in [2.45, 2.75) is 44.8 Å². The van der Waals surface area contributed by atoms with Crippen molar-refractivity contribution in [3.8, 4) is 0 Å². The molecule has 28 heavy (non-hydrogen) atoms. The molecule has 1 N–H and O–H groups in total. The first-order valence-corrected chi connectivity index (χ1v) is 11.1. The topological polar surface area (TPSA) is 88.1 Å². The first-order chi connectivity index (χ1) is 13.3. The van der Waals surface area contributed by atoms with Crippen LogP contribution in [0.5, 0.6) is 0 Å². The first kappa shape index (κ1) is 20.9. The number of rotatable bonds is 5. The Morgan fingerprint density at radius 1 is 1.39 bits per heavy atom. The fourth-order valence-corrected chi connectivity index (χ4v) is 6.02. The maximum Gasteiger partial charge on any atom is 0.341 e. The van der Waals surface area contributed by atoms with Crippen molar-refractivity contribution in [1.82, 2.24) is 4.90 Å². The Balaban J connectivity index is 1.79. The fraction of sp³-hybridized carbons (Fsp3) is 0.579. The molecule has 0 radical (unpaired) electrons. The highest BCUT2D eigenvalue weighted by atomic mass is 32.2. The van der Waals surface area contributed by atoms with E-state index in [0.717, 1.165) is 29.7 Å². The van der Waals surface area contributed by atoms with Crippen LogP contribution in [0.3, 0.4) is 0 Å². The van der Waals surface area contributed by atoms with Gasteiger partial charge in [0.25, 0.3) is 0 Å². The second kappa shape index (κ2) is 8.65. The zero-order valence-electron chi connectivity index (χ0n) is 16.5. The second-order valence-electron chi connectivity index (χ2n) is 7.04. The lowest BCUT2D eigenvalue weighted by Crippen LogP contribution is -2.30. The van der Waals surface area contributed by atoms with Crippen LogP contribution in [0, 0.1) is 5.92 Å². The zero-order valence-corrected chi connectivity index (χ0v) is 18.2. The minimum atomic E-state index is -0.496. The van der Waals surface area contributed by atoms with Crippen molar-refractivity contribution in [3.05, 3.63) is 16.0 Å². The number of aliphatic imine (C=N–C) groups is 1. The van der Waals surface area contributed by atoms with Crippen molar-refractivity contribution >= 4 is 51.1 Å². The summed E-state index contributed by atoms with van der Waals surface area (Å²) < 4.78 is 5.23. The average Bonchev–Trinajstić information content (AvgIpc) is 3.13. The third-order valence-corrected chi connectivity index (χ3v) is 7.44. The molecule has 152 valence electrons. The average molecular weight is 424 g/mol. The maximum absolute atomic E-state index is 12.6. The number of amidine groups is 1. The summed E-state index contributed by atoms with van der Waals surface area (Å²) in [6, 6.07) is 0. The van der Waals surface area contributed by atoms with E-state index in [1.54, 1.807) is 21.0 Å². The van der Waals surface area contributed by atoms with Crippen LogP contribution in [0.2, 0.25) is 0 Å². The number of fused-ring (bicyclic) bond motifs is 1. The molecule has 7 nitrogen and oxygen atoms in total. The number of carbonyl (C=O) groups is 3. The largest absolute Gasteiger partial charge is 0.462 e. The monoisotopic (exact) mass is 423 g/mol. The van der Waals surface area contributed by atoms with Crippen LogP contribution in [0.25, 0.3) is 0 Å². The van der Waals surface area contributed by atoms with E-state index in [9.17, 15) is 14.4 Å². The Morgan fingerprint density at radius 3 is 2.79 bits per heavy atom. The molecule has 1 aliphatic carbocycles. The minimum absolute atomic E-state index is 0.0358. The Hall–Kier alpha value is -1.87. The van der Waals surface area contributed by atoms with Crippen molar-refractivity contribution < 1.29 is 19.1 Å². The molecule has 1 fully saturated rings. The van der Waals surface area contributed by atoms with Crippen molar-refractivity contribution in [1.29, 1.82) is 0 Å². The lowest BCUT2D eigenvalue weighted by Gasteiger charge is -2.18. The summed E-state index contributed by atoms with van der Waals surface area (Å²) in [6.45, 7) is 4.24. The van der Waals surface area contributed by atoms with Gasteiger partial charge in [0.1, 0.15) is 10.3 Å². The molecule has 1 saturated heterocycles. The van der Waals surface area contributed by atoms with Crippen LogP contribution in [0.1, 0.15) is 47.5 Å². The molecule has 1 aromatic rings. The van der Waals surface area contributed by atoms with Gasteiger partial charge in [0.05, 0.1) is 12.2 Å². The third kappa shape index (κ3) is 4.10. The summed E-state index contributed by atoms with van der Waals surface area (Å²) >= 11 is 2.74. The highest BCUT2D eigenvalue weighted by molar-refractivity contribution is 8.15. The molecule has 1 aliphatic heterocycles. The van der Waals surface area contributed by atoms with Gasteiger partial charge in [-0.2, -0.15) is 0 Å². The van der Waals surface area contributed by atoms with E-state index in [-0.39, 0.29) is 24.8 Å². The van der Waals surface area contributed by atoms with Crippen LogP contribution in [-0.4, -0.2) is 53.8 Å². The number of nitrogens with zero attached hydrogens (tertiary/aromatic N) is 2. The molecule has 1 aromatic heterocycles. The maximum atomic E-state index is 12.6. The normalized spacial score (nSPS) is 23.1. The molecule has 2 aliphatic rings. The number of hydrogen-bond acceptors (Lipinski definition) is 7. The van der Waals surface area contributed by atoms with E-state index >= 15 is 0 Å². The number of nitrogens with one attached hydrogen (secondary N) is 1. The number of hydrogen-bond donors (Lipinski definition) is 1. The highest BCUT2D eigenvalue weighted by Gasteiger charge is 2.37. The predicted molar refractivity (Wildman–Crippen MR) is 112 cm³/mol. The number of thioether (sulfide) groups is 1. The lowest BCUT2D eigenvalue weighted by molar-refractivity contribution is -0.127. The second-order valence-corrected chi connectivity index (χ2v) is 9.31. The van der Waals surface area contributed by atoms with Crippen molar-refractivity contribution in [3.63, 3.8) is 0 Å². The molecule has 0 aromatic carbocycles. The molecular weight excluding hydrogens is 398 g/mol. The van der Waals surface area contributed by atoms with Gasteiger partial charge in [0.2, 0.25) is 11.8 Å². The minimum Gasteiger partial charge on any atom is -0.462 e. The molecule has 2 heterocycles. The molecule has 0 unspecified atom stereocenters. The van der Waals surface area contributed by atoms with E-state index < -0.39 is 11.2 Å². The van der Waals surface area contributed by atoms with Crippen molar-refractivity contribution in [2.75, 3.05) is 26.0 Å². The van der Waals surface area contributed by atoms with Gasteiger partial charge < -0.3 is 10.1 Å². The Morgan fingerprint density at radius 2 is 2.14 bits per heavy atom. The molecule has 2 atom stereocenters. The summed E-state index contributed by atoms with van der Waals surface area (Å²) in [5, 5.41) is 3.52. The number of carbonyl (C=O) groups excluding carboxylic acids is 3. The van der Waals surface area contributed by atoms with Gasteiger partial charge in [-0.3, -0.25) is 19.5 Å². The molecule has 0 spiro atoms. The number of esters is 1. The Labute approximate surface area is 172 Å².